The number of carbonyl (C=O) groups excluding carboxylic acids is 3. The van der Waals surface area contributed by atoms with Crippen molar-refractivity contribution in [3.8, 4) is 17.6 Å². The fourth-order valence-corrected chi connectivity index (χ4v) is 2.23. The van der Waals surface area contributed by atoms with Crippen LogP contribution in [0, 0.1) is 11.8 Å². The molecule has 0 unspecified atom stereocenters. The molecule has 7 heteroatoms. The Labute approximate surface area is 163 Å². The summed E-state index contributed by atoms with van der Waals surface area (Å²) in [5.41, 5.74) is 1.75. The lowest BCUT2D eigenvalue weighted by atomic mass is 10.2. The quantitative estimate of drug-likeness (QED) is 0.672. The van der Waals surface area contributed by atoms with Gasteiger partial charge in [-0.2, -0.15) is 0 Å². The van der Waals surface area contributed by atoms with Crippen LogP contribution in [0.3, 0.4) is 0 Å². The van der Waals surface area contributed by atoms with E-state index >= 15 is 0 Å². The van der Waals surface area contributed by atoms with E-state index in [9.17, 15) is 14.4 Å². The molecule has 0 saturated carbocycles. The average Bonchev–Trinajstić information content (AvgIpc) is 2.64. The van der Waals surface area contributed by atoms with Gasteiger partial charge in [0.2, 0.25) is 11.8 Å². The van der Waals surface area contributed by atoms with Crippen LogP contribution in [0.4, 0.5) is 11.4 Å². The fourth-order valence-electron chi connectivity index (χ4n) is 2.23. The van der Waals surface area contributed by atoms with Crippen LogP contribution >= 0.6 is 0 Å². The van der Waals surface area contributed by atoms with Gasteiger partial charge in [-0.05, 0) is 36.4 Å². The third-order valence-corrected chi connectivity index (χ3v) is 3.40. The molecular formula is C21H21N3O4. The Morgan fingerprint density at radius 3 is 2.25 bits per heavy atom. The number of amides is 3. The second-order valence-corrected chi connectivity index (χ2v) is 5.79. The third-order valence-electron chi connectivity index (χ3n) is 3.40. The Hall–Kier alpha value is -3.79. The van der Waals surface area contributed by atoms with Gasteiger partial charge in [-0.3, -0.25) is 14.4 Å². The highest BCUT2D eigenvalue weighted by Gasteiger charge is 2.04. The van der Waals surface area contributed by atoms with Crippen molar-refractivity contribution in [2.45, 2.75) is 13.8 Å². The van der Waals surface area contributed by atoms with E-state index in [-0.39, 0.29) is 30.9 Å². The van der Waals surface area contributed by atoms with Gasteiger partial charge in [0, 0.05) is 36.9 Å². The van der Waals surface area contributed by atoms with Gasteiger partial charge < -0.3 is 20.7 Å². The summed E-state index contributed by atoms with van der Waals surface area (Å²) < 4.78 is 5.49. The number of benzene rings is 2. The Bertz CT molecular complexity index is 911. The highest BCUT2D eigenvalue weighted by molar-refractivity contribution is 5.95. The van der Waals surface area contributed by atoms with Crippen molar-refractivity contribution in [1.82, 2.24) is 5.32 Å². The maximum Gasteiger partial charge on any atom is 0.252 e. The topological polar surface area (TPSA) is 96.5 Å². The van der Waals surface area contributed by atoms with Crippen LogP contribution in [0.15, 0.2) is 48.5 Å². The molecule has 144 valence electrons. The lowest BCUT2D eigenvalue weighted by Gasteiger charge is -2.06. The minimum atomic E-state index is -0.257. The van der Waals surface area contributed by atoms with Gasteiger partial charge in [0.25, 0.3) is 5.91 Å². The number of hydrogen-bond acceptors (Lipinski definition) is 4. The van der Waals surface area contributed by atoms with E-state index in [4.69, 9.17) is 4.74 Å². The number of rotatable bonds is 6. The fraction of sp³-hybridized carbons (Fsp3) is 0.190. The summed E-state index contributed by atoms with van der Waals surface area (Å²) in [5.74, 6) is 5.62. The number of ether oxygens (including phenoxy) is 1. The van der Waals surface area contributed by atoms with E-state index < -0.39 is 0 Å². The van der Waals surface area contributed by atoms with Crippen molar-refractivity contribution in [1.29, 1.82) is 0 Å². The number of carbonyl (C=O) groups is 3. The van der Waals surface area contributed by atoms with Gasteiger partial charge >= 0.3 is 0 Å². The van der Waals surface area contributed by atoms with Crippen LogP contribution in [-0.4, -0.2) is 30.9 Å². The normalized spacial score (nSPS) is 9.50. The van der Waals surface area contributed by atoms with Gasteiger partial charge in [-0.25, -0.2) is 0 Å². The lowest BCUT2D eigenvalue weighted by Crippen LogP contribution is -2.23. The molecule has 7 nitrogen and oxygen atoms in total. The van der Waals surface area contributed by atoms with Gasteiger partial charge in [-0.1, -0.05) is 17.9 Å². The molecule has 0 aliphatic carbocycles. The predicted molar refractivity (Wildman–Crippen MR) is 107 cm³/mol. The number of nitrogens with one attached hydrogen (secondary N) is 3. The molecule has 0 spiro atoms. The van der Waals surface area contributed by atoms with Crippen LogP contribution in [0.25, 0.3) is 0 Å². The van der Waals surface area contributed by atoms with Crippen molar-refractivity contribution in [2.24, 2.45) is 0 Å². The van der Waals surface area contributed by atoms with E-state index in [1.54, 1.807) is 48.5 Å². The van der Waals surface area contributed by atoms with E-state index in [0.29, 0.717) is 22.7 Å². The summed E-state index contributed by atoms with van der Waals surface area (Å²) in [6.07, 6.45) is 0. The van der Waals surface area contributed by atoms with Crippen molar-refractivity contribution in [3.63, 3.8) is 0 Å². The first-order valence-corrected chi connectivity index (χ1v) is 8.56. The number of anilines is 2. The SMILES string of the molecule is CC(=O)Nc1ccc(C(=O)NCC#CCOc2cccc(NC(C)=O)c2)cc1. The molecule has 0 atom stereocenters. The molecule has 2 rings (SSSR count). The molecule has 0 aliphatic rings. The minimum absolute atomic E-state index is 0.155. The van der Waals surface area contributed by atoms with E-state index in [1.165, 1.54) is 13.8 Å². The second kappa shape index (κ2) is 10.4. The average molecular weight is 379 g/mol. The Balaban J connectivity index is 1.75. The molecular weight excluding hydrogens is 358 g/mol. The minimum Gasteiger partial charge on any atom is -0.481 e. The van der Waals surface area contributed by atoms with E-state index in [1.807, 2.05) is 0 Å². The highest BCUT2D eigenvalue weighted by Crippen LogP contribution is 2.17. The molecule has 0 fully saturated rings. The maximum atomic E-state index is 12.0. The first-order chi connectivity index (χ1) is 13.4. The van der Waals surface area contributed by atoms with Gasteiger partial charge in [-0.15, -0.1) is 0 Å². The van der Waals surface area contributed by atoms with Crippen LogP contribution in [0.5, 0.6) is 5.75 Å². The summed E-state index contributed by atoms with van der Waals surface area (Å²) in [5, 5.41) is 7.99. The monoisotopic (exact) mass is 379 g/mol. The van der Waals surface area contributed by atoms with E-state index in [0.717, 1.165) is 0 Å². The van der Waals surface area contributed by atoms with Crippen LogP contribution < -0.4 is 20.7 Å². The maximum absolute atomic E-state index is 12.0. The van der Waals surface area contributed by atoms with Gasteiger partial charge in [0.1, 0.15) is 12.4 Å². The zero-order valence-corrected chi connectivity index (χ0v) is 15.7. The van der Waals surface area contributed by atoms with Crippen LogP contribution in [0.1, 0.15) is 24.2 Å². The van der Waals surface area contributed by atoms with Crippen molar-refractivity contribution in [2.75, 3.05) is 23.8 Å². The highest BCUT2D eigenvalue weighted by atomic mass is 16.5. The Kier molecular flexibility index (Phi) is 7.61. The summed E-state index contributed by atoms with van der Waals surface area (Å²) in [6, 6.07) is 13.6. The Morgan fingerprint density at radius 1 is 0.893 bits per heavy atom. The first-order valence-electron chi connectivity index (χ1n) is 8.56. The van der Waals surface area contributed by atoms with Crippen molar-refractivity contribution >= 4 is 29.1 Å². The summed E-state index contributed by atoms with van der Waals surface area (Å²) in [7, 11) is 0. The standard InChI is InChI=1S/C21H21N3O4/c1-15(25)23-18-10-8-17(9-11-18)21(27)22-12-3-4-13-28-20-7-5-6-19(14-20)24-16(2)26/h5-11,14H,12-13H2,1-2H3,(H,22,27)(H,23,25)(H,24,26). The molecule has 0 aliphatic heterocycles. The predicted octanol–water partition coefficient (Wildman–Crippen LogP) is 2.42. The lowest BCUT2D eigenvalue weighted by molar-refractivity contribution is -0.115. The zero-order chi connectivity index (χ0) is 20.4. The molecule has 0 aromatic heterocycles. The smallest absolute Gasteiger partial charge is 0.252 e. The zero-order valence-electron chi connectivity index (χ0n) is 15.7. The Morgan fingerprint density at radius 2 is 1.57 bits per heavy atom. The van der Waals surface area contributed by atoms with Crippen LogP contribution in [-0.2, 0) is 9.59 Å². The second-order valence-electron chi connectivity index (χ2n) is 5.79. The largest absolute Gasteiger partial charge is 0.481 e. The summed E-state index contributed by atoms with van der Waals surface area (Å²) >= 11 is 0. The molecule has 0 bridgehead atoms. The molecule has 0 saturated heterocycles. The molecule has 2 aromatic carbocycles. The summed E-state index contributed by atoms with van der Waals surface area (Å²) in [6.45, 7) is 3.19. The van der Waals surface area contributed by atoms with Gasteiger partial charge in [0.05, 0.1) is 6.54 Å². The van der Waals surface area contributed by atoms with Crippen LogP contribution in [0.2, 0.25) is 0 Å². The van der Waals surface area contributed by atoms with Crippen molar-refractivity contribution < 1.29 is 19.1 Å². The van der Waals surface area contributed by atoms with Gasteiger partial charge in [0.15, 0.2) is 0 Å². The summed E-state index contributed by atoms with van der Waals surface area (Å²) in [4.78, 5) is 34.1. The van der Waals surface area contributed by atoms with Crippen molar-refractivity contribution in [3.05, 3.63) is 54.1 Å². The molecule has 3 amide bonds. The molecule has 3 N–H and O–H groups in total. The number of hydrogen-bond donors (Lipinski definition) is 3. The van der Waals surface area contributed by atoms with E-state index in [2.05, 4.69) is 27.8 Å². The molecule has 2 aromatic rings. The first kappa shape index (κ1) is 20.5. The molecule has 0 radical (unpaired) electrons. The third kappa shape index (κ3) is 7.22. The molecule has 28 heavy (non-hydrogen) atoms. The molecule has 0 heterocycles.